The van der Waals surface area contributed by atoms with E-state index in [4.69, 9.17) is 11.6 Å². The summed E-state index contributed by atoms with van der Waals surface area (Å²) in [5.41, 5.74) is 1.24. The molecule has 1 rings (SSSR count). The predicted molar refractivity (Wildman–Crippen MR) is 74.4 cm³/mol. The summed E-state index contributed by atoms with van der Waals surface area (Å²) in [6.45, 7) is 5.37. The maximum Gasteiger partial charge on any atom is 0.0545 e. The summed E-state index contributed by atoms with van der Waals surface area (Å²) < 4.78 is 0. The molecule has 1 aromatic carbocycles. The van der Waals surface area contributed by atoms with Crippen LogP contribution < -0.4 is 5.32 Å². The van der Waals surface area contributed by atoms with E-state index in [2.05, 4.69) is 37.4 Å². The number of nitrogens with one attached hydrogen (secondary N) is 1. The molecule has 1 aromatic rings. The van der Waals surface area contributed by atoms with Gasteiger partial charge < -0.3 is 5.32 Å². The number of benzene rings is 1. The van der Waals surface area contributed by atoms with Crippen molar-refractivity contribution < 1.29 is 0 Å². The van der Waals surface area contributed by atoms with Crippen LogP contribution in [0.2, 0.25) is 5.02 Å². The van der Waals surface area contributed by atoms with Crippen LogP contribution >= 0.6 is 23.4 Å². The largest absolute Gasteiger partial charge is 0.316 e. The predicted octanol–water partition coefficient (Wildman–Crippen LogP) is 4.20. The van der Waals surface area contributed by atoms with E-state index in [1.54, 1.807) is 0 Å². The zero-order valence-electron chi connectivity index (χ0n) is 10.2. The summed E-state index contributed by atoms with van der Waals surface area (Å²) in [6.07, 6.45) is 1.22. The van der Waals surface area contributed by atoms with Gasteiger partial charge in [0.05, 0.1) is 5.02 Å². The Hall–Kier alpha value is -0.180. The highest BCUT2D eigenvalue weighted by molar-refractivity contribution is 7.99. The van der Waals surface area contributed by atoms with Gasteiger partial charge in [-0.1, -0.05) is 37.9 Å². The molecular weight excluding hydrogens is 238 g/mol. The van der Waals surface area contributed by atoms with Crippen LogP contribution in [-0.4, -0.2) is 12.8 Å². The van der Waals surface area contributed by atoms with Gasteiger partial charge in [-0.3, -0.25) is 0 Å². The molecular formula is C13H20ClNS. The fourth-order valence-corrected chi connectivity index (χ4v) is 2.75. The third-order valence-corrected chi connectivity index (χ3v) is 4.42. The number of hydrogen-bond donors (Lipinski definition) is 1. The van der Waals surface area contributed by atoms with Gasteiger partial charge in [0.25, 0.3) is 0 Å². The molecule has 1 atom stereocenters. The second-order valence-corrected chi connectivity index (χ2v) is 5.59. The van der Waals surface area contributed by atoms with Gasteiger partial charge in [0.1, 0.15) is 0 Å². The average molecular weight is 258 g/mol. The minimum Gasteiger partial charge on any atom is -0.316 e. The highest BCUT2D eigenvalue weighted by atomic mass is 35.5. The Balaban J connectivity index is 2.60. The number of hydrogen-bond acceptors (Lipinski definition) is 2. The van der Waals surface area contributed by atoms with Crippen molar-refractivity contribution >= 4 is 23.4 Å². The van der Waals surface area contributed by atoms with E-state index in [-0.39, 0.29) is 0 Å². The van der Waals surface area contributed by atoms with Crippen molar-refractivity contribution in [3.63, 3.8) is 0 Å². The topological polar surface area (TPSA) is 12.0 Å². The SMILES string of the molecule is CCC(C)CSc1ccc(CNC)cc1Cl. The third-order valence-electron chi connectivity index (χ3n) is 2.60. The maximum atomic E-state index is 6.24. The molecule has 0 fully saturated rings. The molecule has 0 aliphatic carbocycles. The first-order valence-electron chi connectivity index (χ1n) is 5.73. The molecule has 0 bridgehead atoms. The summed E-state index contributed by atoms with van der Waals surface area (Å²) in [4.78, 5) is 1.20. The number of rotatable bonds is 6. The Morgan fingerprint density at radius 2 is 2.19 bits per heavy atom. The van der Waals surface area contributed by atoms with E-state index in [9.17, 15) is 0 Å². The lowest BCUT2D eigenvalue weighted by molar-refractivity contribution is 0.637. The van der Waals surface area contributed by atoms with Crippen LogP contribution in [0.25, 0.3) is 0 Å². The highest BCUT2D eigenvalue weighted by Crippen LogP contribution is 2.29. The minimum absolute atomic E-state index is 0.748. The molecule has 0 saturated heterocycles. The van der Waals surface area contributed by atoms with Crippen molar-refractivity contribution in [2.45, 2.75) is 31.7 Å². The van der Waals surface area contributed by atoms with Gasteiger partial charge in [0, 0.05) is 17.2 Å². The van der Waals surface area contributed by atoms with Crippen LogP contribution in [0.15, 0.2) is 23.1 Å². The fraction of sp³-hybridized carbons (Fsp3) is 0.538. The highest BCUT2D eigenvalue weighted by Gasteiger charge is 2.05. The van der Waals surface area contributed by atoms with Crippen molar-refractivity contribution in [1.82, 2.24) is 5.32 Å². The van der Waals surface area contributed by atoms with Crippen molar-refractivity contribution in [1.29, 1.82) is 0 Å². The molecule has 0 aliphatic heterocycles. The minimum atomic E-state index is 0.748. The Labute approximate surface area is 108 Å². The second-order valence-electron chi connectivity index (χ2n) is 4.12. The normalized spacial score (nSPS) is 12.8. The molecule has 0 aliphatic rings. The van der Waals surface area contributed by atoms with E-state index in [1.165, 1.54) is 16.9 Å². The van der Waals surface area contributed by atoms with Gasteiger partial charge in [-0.05, 0) is 30.7 Å². The average Bonchev–Trinajstić information content (AvgIpc) is 2.28. The molecule has 1 nitrogen and oxygen atoms in total. The van der Waals surface area contributed by atoms with Crippen molar-refractivity contribution in [2.24, 2.45) is 5.92 Å². The zero-order valence-corrected chi connectivity index (χ0v) is 11.8. The molecule has 0 spiro atoms. The van der Waals surface area contributed by atoms with E-state index >= 15 is 0 Å². The molecule has 0 radical (unpaired) electrons. The molecule has 90 valence electrons. The zero-order chi connectivity index (χ0) is 12.0. The van der Waals surface area contributed by atoms with Gasteiger partial charge in [0.15, 0.2) is 0 Å². The lowest BCUT2D eigenvalue weighted by Gasteiger charge is -2.10. The van der Waals surface area contributed by atoms with E-state index in [0.717, 1.165) is 23.2 Å². The lowest BCUT2D eigenvalue weighted by atomic mass is 10.2. The van der Waals surface area contributed by atoms with Crippen LogP contribution in [-0.2, 0) is 6.54 Å². The van der Waals surface area contributed by atoms with Gasteiger partial charge in [-0.2, -0.15) is 0 Å². The molecule has 16 heavy (non-hydrogen) atoms. The fourth-order valence-electron chi connectivity index (χ4n) is 1.33. The summed E-state index contributed by atoms with van der Waals surface area (Å²) >= 11 is 8.10. The summed E-state index contributed by atoms with van der Waals surface area (Å²) in [5, 5.41) is 4.00. The molecule has 0 aromatic heterocycles. The molecule has 0 amide bonds. The van der Waals surface area contributed by atoms with Gasteiger partial charge >= 0.3 is 0 Å². The maximum absolute atomic E-state index is 6.24. The third kappa shape index (κ3) is 4.36. The van der Waals surface area contributed by atoms with E-state index in [0.29, 0.717) is 0 Å². The van der Waals surface area contributed by atoms with Gasteiger partial charge in [0.2, 0.25) is 0 Å². The Kier molecular flexibility index (Phi) is 6.25. The van der Waals surface area contributed by atoms with Crippen molar-refractivity contribution in [3.8, 4) is 0 Å². The summed E-state index contributed by atoms with van der Waals surface area (Å²) in [7, 11) is 1.94. The Morgan fingerprint density at radius 3 is 2.75 bits per heavy atom. The van der Waals surface area contributed by atoms with Gasteiger partial charge in [-0.25, -0.2) is 0 Å². The Bertz CT molecular complexity index is 328. The van der Waals surface area contributed by atoms with Crippen molar-refractivity contribution in [2.75, 3.05) is 12.8 Å². The van der Waals surface area contributed by atoms with Crippen LogP contribution in [0.3, 0.4) is 0 Å². The van der Waals surface area contributed by atoms with Crippen LogP contribution in [0.5, 0.6) is 0 Å². The van der Waals surface area contributed by atoms with Crippen LogP contribution in [0.4, 0.5) is 0 Å². The molecule has 0 heterocycles. The smallest absolute Gasteiger partial charge is 0.0545 e. The quantitative estimate of drug-likeness (QED) is 0.767. The Morgan fingerprint density at radius 1 is 1.44 bits per heavy atom. The lowest BCUT2D eigenvalue weighted by Crippen LogP contribution is -2.04. The molecule has 1 N–H and O–H groups in total. The van der Waals surface area contributed by atoms with Crippen LogP contribution in [0.1, 0.15) is 25.8 Å². The molecule has 3 heteroatoms. The standard InChI is InChI=1S/C13H20ClNS/c1-4-10(2)9-16-13-6-5-11(8-15-3)7-12(13)14/h5-7,10,15H,4,8-9H2,1-3H3. The summed E-state index contributed by atoms with van der Waals surface area (Å²) in [5.74, 6) is 1.89. The van der Waals surface area contributed by atoms with E-state index in [1.807, 2.05) is 18.8 Å². The molecule has 0 saturated carbocycles. The first-order valence-corrected chi connectivity index (χ1v) is 7.09. The van der Waals surface area contributed by atoms with E-state index < -0.39 is 0 Å². The number of thioether (sulfide) groups is 1. The first-order chi connectivity index (χ1) is 7.67. The second kappa shape index (κ2) is 7.21. The monoisotopic (exact) mass is 257 g/mol. The van der Waals surface area contributed by atoms with Crippen molar-refractivity contribution in [3.05, 3.63) is 28.8 Å². The van der Waals surface area contributed by atoms with Crippen LogP contribution in [0, 0.1) is 5.92 Å². The number of halogens is 1. The molecule has 1 unspecified atom stereocenters. The summed E-state index contributed by atoms with van der Waals surface area (Å²) in [6, 6.07) is 6.32. The van der Waals surface area contributed by atoms with Gasteiger partial charge in [-0.15, -0.1) is 11.8 Å². The first kappa shape index (κ1) is 13.9.